The van der Waals surface area contributed by atoms with Crippen molar-refractivity contribution in [2.45, 2.75) is 38.6 Å². The van der Waals surface area contributed by atoms with E-state index in [0.29, 0.717) is 38.1 Å². The molecule has 0 aromatic heterocycles. The Labute approximate surface area is 170 Å². The molecule has 1 aliphatic heterocycles. The van der Waals surface area contributed by atoms with Crippen molar-refractivity contribution in [2.24, 2.45) is 0 Å². The third-order valence-electron chi connectivity index (χ3n) is 5.11. The lowest BCUT2D eigenvalue weighted by atomic mass is 10.0. The first-order valence-corrected chi connectivity index (χ1v) is 10.0. The molecule has 5 nitrogen and oxygen atoms in total. The minimum Gasteiger partial charge on any atom is -0.494 e. The SMILES string of the molecule is Cc1ccc(OCCCC(=O)N2CCC(NC(=O)c3ccc(F)cc3)CC2)cc1. The van der Waals surface area contributed by atoms with E-state index in [9.17, 15) is 14.0 Å². The second kappa shape index (κ2) is 10.0. The number of piperidine rings is 1. The van der Waals surface area contributed by atoms with Crippen LogP contribution in [0.2, 0.25) is 0 Å². The molecule has 1 saturated heterocycles. The molecule has 1 heterocycles. The first kappa shape index (κ1) is 20.8. The van der Waals surface area contributed by atoms with Gasteiger partial charge in [0.25, 0.3) is 5.91 Å². The third kappa shape index (κ3) is 6.31. The summed E-state index contributed by atoms with van der Waals surface area (Å²) in [6.45, 7) is 3.80. The molecular weight excluding hydrogens is 371 g/mol. The largest absolute Gasteiger partial charge is 0.494 e. The first-order valence-electron chi connectivity index (χ1n) is 10.0. The maximum Gasteiger partial charge on any atom is 0.251 e. The fourth-order valence-corrected chi connectivity index (χ4v) is 3.35. The predicted molar refractivity (Wildman–Crippen MR) is 109 cm³/mol. The summed E-state index contributed by atoms with van der Waals surface area (Å²) in [4.78, 5) is 26.5. The number of nitrogens with zero attached hydrogens (tertiary/aromatic N) is 1. The third-order valence-corrected chi connectivity index (χ3v) is 5.11. The average Bonchev–Trinajstić information content (AvgIpc) is 2.73. The molecule has 2 aromatic carbocycles. The van der Waals surface area contributed by atoms with Crippen LogP contribution >= 0.6 is 0 Å². The summed E-state index contributed by atoms with van der Waals surface area (Å²) in [6, 6.07) is 13.4. The maximum atomic E-state index is 13.0. The Morgan fingerprint density at radius 2 is 1.72 bits per heavy atom. The highest BCUT2D eigenvalue weighted by molar-refractivity contribution is 5.94. The molecule has 3 rings (SSSR count). The molecule has 2 aromatic rings. The lowest BCUT2D eigenvalue weighted by Crippen LogP contribution is -2.46. The summed E-state index contributed by atoms with van der Waals surface area (Å²) >= 11 is 0. The van der Waals surface area contributed by atoms with Crippen LogP contribution in [0.5, 0.6) is 5.75 Å². The average molecular weight is 398 g/mol. The Bertz CT molecular complexity index is 813. The zero-order valence-electron chi connectivity index (χ0n) is 16.7. The molecule has 2 amide bonds. The molecule has 154 valence electrons. The summed E-state index contributed by atoms with van der Waals surface area (Å²) in [6.07, 6.45) is 2.57. The fraction of sp³-hybridized carbons (Fsp3) is 0.391. The minimum atomic E-state index is -0.363. The first-order chi connectivity index (χ1) is 14.0. The molecular formula is C23H27FN2O3. The lowest BCUT2D eigenvalue weighted by Gasteiger charge is -2.32. The van der Waals surface area contributed by atoms with Crippen molar-refractivity contribution in [2.75, 3.05) is 19.7 Å². The quantitative estimate of drug-likeness (QED) is 0.724. The number of amides is 2. The highest BCUT2D eigenvalue weighted by atomic mass is 19.1. The lowest BCUT2D eigenvalue weighted by molar-refractivity contribution is -0.132. The van der Waals surface area contributed by atoms with Gasteiger partial charge in [0.2, 0.25) is 5.91 Å². The standard InChI is InChI=1S/C23H27FN2O3/c1-17-4-10-21(11-5-17)29-16-2-3-22(27)26-14-12-20(13-15-26)25-23(28)18-6-8-19(24)9-7-18/h4-11,20H,2-3,12-16H2,1H3,(H,25,28). The van der Waals surface area contributed by atoms with Crippen molar-refractivity contribution in [3.8, 4) is 5.75 Å². The van der Waals surface area contributed by atoms with Gasteiger partial charge in [-0.05, 0) is 62.6 Å². The number of benzene rings is 2. The number of carbonyl (C=O) groups excluding carboxylic acids is 2. The van der Waals surface area contributed by atoms with Crippen molar-refractivity contribution >= 4 is 11.8 Å². The smallest absolute Gasteiger partial charge is 0.251 e. The van der Waals surface area contributed by atoms with Crippen molar-refractivity contribution < 1.29 is 18.7 Å². The molecule has 0 bridgehead atoms. The molecule has 29 heavy (non-hydrogen) atoms. The minimum absolute atomic E-state index is 0.0291. The van der Waals surface area contributed by atoms with Gasteiger partial charge in [0.05, 0.1) is 6.61 Å². The van der Waals surface area contributed by atoms with E-state index < -0.39 is 0 Å². The van der Waals surface area contributed by atoms with Crippen LogP contribution in [-0.2, 0) is 4.79 Å². The molecule has 0 atom stereocenters. The van der Waals surface area contributed by atoms with Gasteiger partial charge in [-0.2, -0.15) is 0 Å². The van der Waals surface area contributed by atoms with Gasteiger partial charge >= 0.3 is 0 Å². The van der Waals surface area contributed by atoms with Crippen LogP contribution in [0.25, 0.3) is 0 Å². The number of ether oxygens (including phenoxy) is 1. The Morgan fingerprint density at radius 3 is 2.38 bits per heavy atom. The molecule has 0 aliphatic carbocycles. The topological polar surface area (TPSA) is 58.6 Å². The Hall–Kier alpha value is -2.89. The van der Waals surface area contributed by atoms with Crippen molar-refractivity contribution in [3.05, 3.63) is 65.5 Å². The van der Waals surface area contributed by atoms with Gasteiger partial charge in [-0.3, -0.25) is 9.59 Å². The van der Waals surface area contributed by atoms with Gasteiger partial charge in [0, 0.05) is 31.1 Å². The number of nitrogens with one attached hydrogen (secondary N) is 1. The van der Waals surface area contributed by atoms with Gasteiger partial charge < -0.3 is 15.0 Å². The van der Waals surface area contributed by atoms with Crippen LogP contribution < -0.4 is 10.1 Å². The number of hydrogen-bond acceptors (Lipinski definition) is 3. The van der Waals surface area contributed by atoms with Gasteiger partial charge in [-0.25, -0.2) is 4.39 Å². The number of aryl methyl sites for hydroxylation is 1. The van der Waals surface area contributed by atoms with Crippen LogP contribution in [0.15, 0.2) is 48.5 Å². The molecule has 1 N–H and O–H groups in total. The van der Waals surface area contributed by atoms with Crippen molar-refractivity contribution in [1.82, 2.24) is 10.2 Å². The van der Waals surface area contributed by atoms with Crippen molar-refractivity contribution in [1.29, 1.82) is 0 Å². The molecule has 0 saturated carbocycles. The molecule has 1 aliphatic rings. The molecule has 6 heteroatoms. The fourth-order valence-electron chi connectivity index (χ4n) is 3.35. The Kier molecular flexibility index (Phi) is 7.22. The number of likely N-dealkylation sites (tertiary alicyclic amines) is 1. The summed E-state index contributed by atoms with van der Waals surface area (Å²) in [7, 11) is 0. The second-order valence-corrected chi connectivity index (χ2v) is 7.40. The molecule has 0 spiro atoms. The number of hydrogen-bond donors (Lipinski definition) is 1. The van der Waals surface area contributed by atoms with E-state index in [1.54, 1.807) is 0 Å². The van der Waals surface area contributed by atoms with E-state index >= 15 is 0 Å². The van der Waals surface area contributed by atoms with E-state index in [-0.39, 0.29) is 23.7 Å². The Morgan fingerprint density at radius 1 is 1.07 bits per heavy atom. The highest BCUT2D eigenvalue weighted by Gasteiger charge is 2.23. The summed E-state index contributed by atoms with van der Waals surface area (Å²) in [5, 5.41) is 2.97. The van der Waals surface area contributed by atoms with Crippen LogP contribution in [0.1, 0.15) is 41.6 Å². The van der Waals surface area contributed by atoms with E-state index in [0.717, 1.165) is 18.6 Å². The molecule has 0 unspecified atom stereocenters. The molecule has 1 fully saturated rings. The monoisotopic (exact) mass is 398 g/mol. The van der Waals surface area contributed by atoms with Crippen LogP contribution in [-0.4, -0.2) is 42.5 Å². The summed E-state index contributed by atoms with van der Waals surface area (Å²) in [5.41, 5.74) is 1.63. The molecule has 0 radical (unpaired) electrons. The highest BCUT2D eigenvalue weighted by Crippen LogP contribution is 2.15. The van der Waals surface area contributed by atoms with Gasteiger partial charge in [0.15, 0.2) is 0 Å². The van der Waals surface area contributed by atoms with Crippen molar-refractivity contribution in [3.63, 3.8) is 0 Å². The van der Waals surface area contributed by atoms with Crippen LogP contribution in [0.3, 0.4) is 0 Å². The zero-order valence-corrected chi connectivity index (χ0v) is 16.7. The second-order valence-electron chi connectivity index (χ2n) is 7.40. The van der Waals surface area contributed by atoms with Gasteiger partial charge in [-0.15, -0.1) is 0 Å². The van der Waals surface area contributed by atoms with Crippen LogP contribution in [0.4, 0.5) is 4.39 Å². The number of halogens is 1. The Balaban J connectivity index is 1.34. The predicted octanol–water partition coefficient (Wildman–Crippen LogP) is 3.71. The van der Waals surface area contributed by atoms with Gasteiger partial charge in [-0.1, -0.05) is 17.7 Å². The van der Waals surface area contributed by atoms with E-state index in [4.69, 9.17) is 4.74 Å². The maximum absolute atomic E-state index is 13.0. The normalized spacial score (nSPS) is 14.5. The van der Waals surface area contributed by atoms with Crippen LogP contribution in [0, 0.1) is 12.7 Å². The van der Waals surface area contributed by atoms with Gasteiger partial charge in [0.1, 0.15) is 11.6 Å². The zero-order chi connectivity index (χ0) is 20.6. The summed E-state index contributed by atoms with van der Waals surface area (Å²) in [5.74, 6) is 0.377. The van der Waals surface area contributed by atoms with E-state index in [2.05, 4.69) is 5.32 Å². The van der Waals surface area contributed by atoms with E-state index in [1.165, 1.54) is 29.8 Å². The number of rotatable bonds is 7. The number of carbonyl (C=O) groups is 2. The van der Waals surface area contributed by atoms with E-state index in [1.807, 2.05) is 36.1 Å². The summed E-state index contributed by atoms with van der Waals surface area (Å²) < 4.78 is 18.6.